The van der Waals surface area contributed by atoms with Gasteiger partial charge in [-0.3, -0.25) is 4.79 Å². The molecule has 0 spiro atoms. The second-order valence-electron chi connectivity index (χ2n) is 4.21. The molecule has 0 amide bonds. The third kappa shape index (κ3) is 2.59. The lowest BCUT2D eigenvalue weighted by molar-refractivity contribution is 0.105. The first-order valence-electron chi connectivity index (χ1n) is 5.48. The van der Waals surface area contributed by atoms with Crippen molar-refractivity contribution in [1.29, 1.82) is 0 Å². The van der Waals surface area contributed by atoms with E-state index in [1.54, 1.807) is 12.1 Å². The Kier molecular flexibility index (Phi) is 3.34. The van der Waals surface area contributed by atoms with Gasteiger partial charge in [-0.05, 0) is 35.2 Å². The van der Waals surface area contributed by atoms with Gasteiger partial charge in [-0.2, -0.15) is 0 Å². The Morgan fingerprint density at radius 2 is 1.76 bits per heavy atom. The molecule has 2 aromatic rings. The zero-order valence-electron chi connectivity index (χ0n) is 9.74. The maximum Gasteiger partial charge on any atom is 0.287 e. The molecule has 0 atom stereocenters. The molecule has 1 heterocycles. The summed E-state index contributed by atoms with van der Waals surface area (Å²) in [5.41, 5.74) is 2.22. The quantitative estimate of drug-likeness (QED) is 0.752. The third-order valence-corrected chi connectivity index (χ3v) is 2.85. The molecule has 1 aromatic heterocycles. The van der Waals surface area contributed by atoms with E-state index < -0.39 is 5.24 Å². The van der Waals surface area contributed by atoms with Crippen molar-refractivity contribution in [3.8, 4) is 11.3 Å². The largest absolute Gasteiger partial charge is 0.452 e. The summed E-state index contributed by atoms with van der Waals surface area (Å²) in [7, 11) is 0. The molecule has 0 N–H and O–H groups in total. The van der Waals surface area contributed by atoms with Gasteiger partial charge < -0.3 is 4.42 Å². The molecule has 1 aromatic carbocycles. The number of rotatable bonds is 3. The highest BCUT2D eigenvalue weighted by molar-refractivity contribution is 6.67. The summed E-state index contributed by atoms with van der Waals surface area (Å²) in [6, 6.07) is 11.4. The molecular weight excluding hydrogens is 236 g/mol. The average molecular weight is 249 g/mol. The minimum Gasteiger partial charge on any atom is -0.452 e. The van der Waals surface area contributed by atoms with E-state index >= 15 is 0 Å². The number of carbonyl (C=O) groups is 1. The van der Waals surface area contributed by atoms with Crippen LogP contribution in [0.1, 0.15) is 35.9 Å². The highest BCUT2D eigenvalue weighted by atomic mass is 35.5. The number of carbonyl (C=O) groups excluding carboxylic acids is 1. The van der Waals surface area contributed by atoms with E-state index in [0.717, 1.165) is 5.56 Å². The maximum atomic E-state index is 10.9. The second kappa shape index (κ2) is 4.76. The van der Waals surface area contributed by atoms with E-state index in [-0.39, 0.29) is 5.76 Å². The molecule has 0 aliphatic heterocycles. The first kappa shape index (κ1) is 11.9. The minimum absolute atomic E-state index is 0.176. The summed E-state index contributed by atoms with van der Waals surface area (Å²) in [6.07, 6.45) is 0. The molecule has 17 heavy (non-hydrogen) atoms. The molecule has 0 unspecified atom stereocenters. The monoisotopic (exact) mass is 248 g/mol. The number of furan rings is 1. The molecule has 0 aliphatic rings. The Balaban J connectivity index is 2.30. The second-order valence-corrected chi connectivity index (χ2v) is 4.56. The van der Waals surface area contributed by atoms with Gasteiger partial charge in [0.15, 0.2) is 5.76 Å². The molecule has 0 bridgehead atoms. The Hall–Kier alpha value is -1.54. The summed E-state index contributed by atoms with van der Waals surface area (Å²) >= 11 is 5.34. The van der Waals surface area contributed by atoms with E-state index in [4.69, 9.17) is 16.0 Å². The van der Waals surface area contributed by atoms with Gasteiger partial charge in [-0.15, -0.1) is 0 Å². The van der Waals surface area contributed by atoms with E-state index in [2.05, 4.69) is 26.0 Å². The highest BCUT2D eigenvalue weighted by Gasteiger charge is 2.09. The highest BCUT2D eigenvalue weighted by Crippen LogP contribution is 2.25. The zero-order chi connectivity index (χ0) is 12.4. The van der Waals surface area contributed by atoms with Crippen LogP contribution in [0.3, 0.4) is 0 Å². The lowest BCUT2D eigenvalue weighted by atomic mass is 10.0. The Morgan fingerprint density at radius 1 is 1.12 bits per heavy atom. The summed E-state index contributed by atoms with van der Waals surface area (Å²) in [4.78, 5) is 10.9. The van der Waals surface area contributed by atoms with Crippen LogP contribution < -0.4 is 0 Å². The van der Waals surface area contributed by atoms with Crippen molar-refractivity contribution >= 4 is 16.8 Å². The predicted octanol–water partition coefficient (Wildman–Crippen LogP) is 4.45. The van der Waals surface area contributed by atoms with Crippen LogP contribution in [0.4, 0.5) is 0 Å². The lowest BCUT2D eigenvalue weighted by Gasteiger charge is -2.05. The first-order chi connectivity index (χ1) is 8.08. The SMILES string of the molecule is CC(C)c1ccc(-c2ccc(C(=O)Cl)o2)cc1. The zero-order valence-corrected chi connectivity index (χ0v) is 10.5. The molecule has 0 saturated heterocycles. The Bertz CT molecular complexity index is 523. The van der Waals surface area contributed by atoms with Crippen LogP contribution in [-0.4, -0.2) is 5.24 Å². The smallest absolute Gasteiger partial charge is 0.287 e. The summed E-state index contributed by atoms with van der Waals surface area (Å²) in [5, 5.41) is -0.574. The predicted molar refractivity (Wildman–Crippen MR) is 68.4 cm³/mol. The lowest BCUT2D eigenvalue weighted by Crippen LogP contribution is -1.86. The van der Waals surface area contributed by atoms with Crippen LogP contribution in [0.2, 0.25) is 0 Å². The van der Waals surface area contributed by atoms with Crippen LogP contribution in [0.15, 0.2) is 40.8 Å². The van der Waals surface area contributed by atoms with Crippen molar-refractivity contribution in [2.75, 3.05) is 0 Å². The van der Waals surface area contributed by atoms with Crippen molar-refractivity contribution in [2.45, 2.75) is 19.8 Å². The number of halogens is 1. The van der Waals surface area contributed by atoms with Gasteiger partial charge in [-0.25, -0.2) is 0 Å². The fraction of sp³-hybridized carbons (Fsp3) is 0.214. The topological polar surface area (TPSA) is 30.2 Å². The van der Waals surface area contributed by atoms with Gasteiger partial charge in [-0.1, -0.05) is 38.1 Å². The van der Waals surface area contributed by atoms with Gasteiger partial charge in [0.25, 0.3) is 5.24 Å². The van der Waals surface area contributed by atoms with Crippen LogP contribution >= 0.6 is 11.6 Å². The third-order valence-electron chi connectivity index (χ3n) is 2.66. The van der Waals surface area contributed by atoms with E-state index in [0.29, 0.717) is 11.7 Å². The van der Waals surface area contributed by atoms with Crippen molar-refractivity contribution < 1.29 is 9.21 Å². The van der Waals surface area contributed by atoms with Crippen LogP contribution in [0, 0.1) is 0 Å². The molecule has 2 nitrogen and oxygen atoms in total. The van der Waals surface area contributed by atoms with E-state index in [9.17, 15) is 4.79 Å². The van der Waals surface area contributed by atoms with Gasteiger partial charge in [0.1, 0.15) is 5.76 Å². The molecule has 0 radical (unpaired) electrons. The molecular formula is C14H13ClO2. The molecule has 0 fully saturated rings. The van der Waals surface area contributed by atoms with Gasteiger partial charge in [0.2, 0.25) is 0 Å². The van der Waals surface area contributed by atoms with E-state index in [1.807, 2.05) is 12.1 Å². The average Bonchev–Trinajstić information content (AvgIpc) is 2.78. The first-order valence-corrected chi connectivity index (χ1v) is 5.85. The normalized spacial score (nSPS) is 10.8. The van der Waals surface area contributed by atoms with Crippen LogP contribution in [0.5, 0.6) is 0 Å². The fourth-order valence-corrected chi connectivity index (χ4v) is 1.73. The van der Waals surface area contributed by atoms with Crippen molar-refractivity contribution in [1.82, 2.24) is 0 Å². The Morgan fingerprint density at radius 3 is 2.24 bits per heavy atom. The molecule has 0 aliphatic carbocycles. The van der Waals surface area contributed by atoms with Gasteiger partial charge in [0.05, 0.1) is 0 Å². The summed E-state index contributed by atoms with van der Waals surface area (Å²) in [5.74, 6) is 1.33. The maximum absolute atomic E-state index is 10.9. The molecule has 0 saturated carbocycles. The molecule has 3 heteroatoms. The van der Waals surface area contributed by atoms with E-state index in [1.165, 1.54) is 5.56 Å². The van der Waals surface area contributed by atoms with Crippen LogP contribution in [0.25, 0.3) is 11.3 Å². The van der Waals surface area contributed by atoms with Crippen molar-refractivity contribution in [2.24, 2.45) is 0 Å². The summed E-state index contributed by atoms with van der Waals surface area (Å²) in [6.45, 7) is 4.29. The molecule has 88 valence electrons. The summed E-state index contributed by atoms with van der Waals surface area (Å²) < 4.78 is 5.35. The van der Waals surface area contributed by atoms with Crippen molar-refractivity contribution in [3.05, 3.63) is 47.7 Å². The molecule has 2 rings (SSSR count). The van der Waals surface area contributed by atoms with Gasteiger partial charge >= 0.3 is 0 Å². The Labute approximate surface area is 105 Å². The van der Waals surface area contributed by atoms with Crippen LogP contribution in [-0.2, 0) is 0 Å². The number of hydrogen-bond donors (Lipinski definition) is 0. The fourth-order valence-electron chi connectivity index (χ4n) is 1.63. The number of hydrogen-bond acceptors (Lipinski definition) is 2. The minimum atomic E-state index is -0.574. The standard InChI is InChI=1S/C14H13ClO2/c1-9(2)10-3-5-11(6-4-10)12-7-8-13(17-12)14(15)16/h3-9H,1-2H3. The van der Waals surface area contributed by atoms with Gasteiger partial charge in [0, 0.05) is 5.56 Å². The van der Waals surface area contributed by atoms with Crippen molar-refractivity contribution in [3.63, 3.8) is 0 Å². The number of benzene rings is 1.